The number of rotatable bonds is 2. The van der Waals surface area contributed by atoms with E-state index in [0.29, 0.717) is 12.5 Å². The molecule has 0 saturated carbocycles. The number of nitrogens with one attached hydrogen (secondary N) is 1. The molecule has 0 aromatic carbocycles. The summed E-state index contributed by atoms with van der Waals surface area (Å²) in [6, 6.07) is 0. The highest BCUT2D eigenvalue weighted by Gasteiger charge is 2.16. The van der Waals surface area contributed by atoms with Crippen molar-refractivity contribution >= 4 is 11.9 Å². The Labute approximate surface area is 82.5 Å². The molecule has 0 saturated heterocycles. The highest BCUT2D eigenvalue weighted by atomic mass is 16.6. The van der Waals surface area contributed by atoms with E-state index < -0.39 is 11.7 Å². The summed E-state index contributed by atoms with van der Waals surface area (Å²) >= 11 is 0. The number of amides is 1. The van der Waals surface area contributed by atoms with E-state index in [9.17, 15) is 4.79 Å². The molecule has 0 spiro atoms. The SMILES string of the molecule is CC(C)(C)OC(=O)NCC1=NCN=N1. The van der Waals surface area contributed by atoms with Crippen molar-refractivity contribution in [3.63, 3.8) is 0 Å². The van der Waals surface area contributed by atoms with Crippen molar-refractivity contribution < 1.29 is 9.53 Å². The third-order valence-electron chi connectivity index (χ3n) is 1.29. The zero-order valence-electron chi connectivity index (χ0n) is 8.57. The maximum Gasteiger partial charge on any atom is 0.408 e. The molecule has 0 unspecified atom stereocenters. The largest absolute Gasteiger partial charge is 0.444 e. The Bertz CT molecular complexity index is 278. The Hall–Kier alpha value is -1.46. The Balaban J connectivity index is 2.25. The van der Waals surface area contributed by atoms with Crippen LogP contribution in [0.15, 0.2) is 15.2 Å². The Morgan fingerprint density at radius 2 is 2.29 bits per heavy atom. The topological polar surface area (TPSA) is 75.4 Å². The standard InChI is InChI=1S/C8H14N4O2/c1-8(2,3)14-7(13)9-4-6-10-5-11-12-6/h4-5H2,1-3H3,(H,9,13). The Morgan fingerprint density at radius 3 is 2.79 bits per heavy atom. The molecule has 1 aliphatic heterocycles. The number of aliphatic imine (C=N–C) groups is 1. The van der Waals surface area contributed by atoms with Gasteiger partial charge in [-0.25, -0.2) is 9.79 Å². The van der Waals surface area contributed by atoms with E-state index in [1.165, 1.54) is 0 Å². The number of azo groups is 1. The molecule has 78 valence electrons. The molecule has 0 aromatic rings. The van der Waals surface area contributed by atoms with E-state index in [2.05, 4.69) is 20.5 Å². The molecular formula is C8H14N4O2. The van der Waals surface area contributed by atoms with Crippen molar-refractivity contribution in [2.45, 2.75) is 26.4 Å². The van der Waals surface area contributed by atoms with Gasteiger partial charge >= 0.3 is 6.09 Å². The van der Waals surface area contributed by atoms with Gasteiger partial charge in [0.2, 0.25) is 0 Å². The zero-order chi connectivity index (χ0) is 10.6. The number of amidine groups is 1. The molecule has 0 fully saturated rings. The summed E-state index contributed by atoms with van der Waals surface area (Å²) in [5, 5.41) is 9.89. The van der Waals surface area contributed by atoms with Crippen molar-refractivity contribution in [3.8, 4) is 0 Å². The summed E-state index contributed by atoms with van der Waals surface area (Å²) in [4.78, 5) is 15.1. The van der Waals surface area contributed by atoms with Crippen LogP contribution in [0, 0.1) is 0 Å². The van der Waals surface area contributed by atoms with E-state index in [-0.39, 0.29) is 6.54 Å². The molecule has 0 atom stereocenters. The second kappa shape index (κ2) is 4.17. The van der Waals surface area contributed by atoms with Gasteiger partial charge in [-0.15, -0.1) is 5.11 Å². The summed E-state index contributed by atoms with van der Waals surface area (Å²) in [6.45, 7) is 6.03. The minimum Gasteiger partial charge on any atom is -0.444 e. The highest BCUT2D eigenvalue weighted by molar-refractivity contribution is 5.87. The van der Waals surface area contributed by atoms with Gasteiger partial charge in [-0.3, -0.25) is 0 Å². The summed E-state index contributed by atoms with van der Waals surface area (Å²) < 4.78 is 5.02. The molecule has 6 heteroatoms. The minimum atomic E-state index is -0.483. The van der Waals surface area contributed by atoms with Gasteiger partial charge in [-0.05, 0) is 20.8 Å². The van der Waals surface area contributed by atoms with E-state index in [0.717, 1.165) is 0 Å². The molecular weight excluding hydrogens is 184 g/mol. The first-order chi connectivity index (χ1) is 6.47. The number of alkyl carbamates (subject to hydrolysis) is 1. The van der Waals surface area contributed by atoms with Crippen LogP contribution in [-0.2, 0) is 4.74 Å². The van der Waals surface area contributed by atoms with E-state index in [4.69, 9.17) is 4.74 Å². The summed E-state index contributed by atoms with van der Waals surface area (Å²) in [6.07, 6.45) is -0.470. The monoisotopic (exact) mass is 198 g/mol. The molecule has 0 aliphatic carbocycles. The summed E-state index contributed by atoms with van der Waals surface area (Å²) in [5.74, 6) is 0.524. The van der Waals surface area contributed by atoms with Gasteiger partial charge in [0.1, 0.15) is 5.60 Å². The van der Waals surface area contributed by atoms with Crippen LogP contribution in [0.3, 0.4) is 0 Å². The molecule has 1 amide bonds. The number of ether oxygens (including phenoxy) is 1. The highest BCUT2D eigenvalue weighted by Crippen LogP contribution is 2.06. The fourth-order valence-corrected chi connectivity index (χ4v) is 0.815. The number of nitrogens with zero attached hydrogens (tertiary/aromatic N) is 3. The molecule has 1 aliphatic rings. The molecule has 1 N–H and O–H groups in total. The van der Waals surface area contributed by atoms with Gasteiger partial charge in [0.25, 0.3) is 0 Å². The first-order valence-corrected chi connectivity index (χ1v) is 4.35. The number of carbonyl (C=O) groups is 1. The summed E-state index contributed by atoms with van der Waals surface area (Å²) in [5.41, 5.74) is -0.483. The normalized spacial score (nSPS) is 15.2. The predicted octanol–water partition coefficient (Wildman–Crippen LogP) is 1.33. The van der Waals surface area contributed by atoms with Gasteiger partial charge in [-0.1, -0.05) is 0 Å². The van der Waals surface area contributed by atoms with Gasteiger partial charge in [0.05, 0.1) is 6.54 Å². The van der Waals surface area contributed by atoms with E-state index in [1.54, 1.807) is 20.8 Å². The van der Waals surface area contributed by atoms with Crippen LogP contribution in [0.1, 0.15) is 20.8 Å². The first kappa shape index (κ1) is 10.6. The van der Waals surface area contributed by atoms with E-state index >= 15 is 0 Å². The molecule has 1 heterocycles. The van der Waals surface area contributed by atoms with Crippen LogP contribution in [0.25, 0.3) is 0 Å². The lowest BCUT2D eigenvalue weighted by atomic mass is 10.2. The second-order valence-electron chi connectivity index (χ2n) is 3.81. The van der Waals surface area contributed by atoms with Gasteiger partial charge in [-0.2, -0.15) is 5.11 Å². The van der Waals surface area contributed by atoms with E-state index in [1.807, 2.05) is 0 Å². The van der Waals surface area contributed by atoms with Crippen LogP contribution in [-0.4, -0.2) is 30.7 Å². The third kappa shape index (κ3) is 3.97. The van der Waals surface area contributed by atoms with Gasteiger partial charge < -0.3 is 10.1 Å². The Kier molecular flexibility index (Phi) is 3.16. The second-order valence-corrected chi connectivity index (χ2v) is 3.81. The maximum absolute atomic E-state index is 11.2. The molecule has 6 nitrogen and oxygen atoms in total. The lowest BCUT2D eigenvalue weighted by Gasteiger charge is -2.19. The fourth-order valence-electron chi connectivity index (χ4n) is 0.815. The van der Waals surface area contributed by atoms with Crippen LogP contribution >= 0.6 is 0 Å². The molecule has 0 bridgehead atoms. The first-order valence-electron chi connectivity index (χ1n) is 4.35. The van der Waals surface area contributed by atoms with Crippen molar-refractivity contribution in [1.82, 2.24) is 5.32 Å². The maximum atomic E-state index is 11.2. The lowest BCUT2D eigenvalue weighted by molar-refractivity contribution is 0.0536. The molecule has 0 radical (unpaired) electrons. The number of hydrogen-bond acceptors (Lipinski definition) is 5. The van der Waals surface area contributed by atoms with Crippen LogP contribution in [0.4, 0.5) is 4.79 Å². The third-order valence-corrected chi connectivity index (χ3v) is 1.29. The van der Waals surface area contributed by atoms with Crippen molar-refractivity contribution in [1.29, 1.82) is 0 Å². The van der Waals surface area contributed by atoms with Crippen LogP contribution < -0.4 is 5.32 Å². The molecule has 0 aromatic heterocycles. The van der Waals surface area contributed by atoms with Crippen molar-refractivity contribution in [3.05, 3.63) is 0 Å². The predicted molar refractivity (Wildman–Crippen MR) is 51.4 cm³/mol. The number of hydrogen-bond donors (Lipinski definition) is 1. The van der Waals surface area contributed by atoms with Gasteiger partial charge in [0.15, 0.2) is 12.5 Å². The van der Waals surface area contributed by atoms with Crippen LogP contribution in [0.5, 0.6) is 0 Å². The minimum absolute atomic E-state index is 0.262. The number of carbonyl (C=O) groups excluding carboxylic acids is 1. The lowest BCUT2D eigenvalue weighted by Crippen LogP contribution is -2.34. The van der Waals surface area contributed by atoms with Gasteiger partial charge in [0, 0.05) is 0 Å². The van der Waals surface area contributed by atoms with Crippen molar-refractivity contribution in [2.75, 3.05) is 13.2 Å². The van der Waals surface area contributed by atoms with Crippen molar-refractivity contribution in [2.24, 2.45) is 15.2 Å². The molecule has 1 rings (SSSR count). The fraction of sp³-hybridized carbons (Fsp3) is 0.750. The van der Waals surface area contributed by atoms with Crippen LogP contribution in [0.2, 0.25) is 0 Å². The summed E-state index contributed by atoms with van der Waals surface area (Å²) in [7, 11) is 0. The molecule has 14 heavy (non-hydrogen) atoms. The average molecular weight is 198 g/mol. The smallest absolute Gasteiger partial charge is 0.408 e. The average Bonchev–Trinajstić information content (AvgIpc) is 2.49. The Morgan fingerprint density at radius 1 is 1.57 bits per heavy atom. The zero-order valence-corrected chi connectivity index (χ0v) is 8.57. The quantitative estimate of drug-likeness (QED) is 0.726.